The number of carbonyl (C=O) groups is 2. The molecule has 8 heteroatoms. The van der Waals surface area contributed by atoms with Gasteiger partial charge in [0.1, 0.15) is 11.3 Å². The number of nitrogens with one attached hydrogen (secondary N) is 1. The quantitative estimate of drug-likeness (QED) is 0.661. The molecule has 2 rings (SSSR count). The Kier molecular flexibility index (Phi) is 7.39. The molecule has 0 bridgehead atoms. The number of methoxy groups -OCH3 is 1. The van der Waals surface area contributed by atoms with Gasteiger partial charge in [0.05, 0.1) is 23.9 Å². The Morgan fingerprint density at radius 3 is 2.28 bits per heavy atom. The van der Waals surface area contributed by atoms with Crippen molar-refractivity contribution in [2.45, 2.75) is 38.3 Å². The molecule has 1 amide bonds. The van der Waals surface area contributed by atoms with E-state index in [4.69, 9.17) is 9.47 Å². The fraction of sp³-hybridized carbons (Fsp3) is 0.333. The molecule has 0 aliphatic carbocycles. The average Bonchev–Trinajstić information content (AvgIpc) is 2.71. The maximum atomic E-state index is 12.5. The zero-order valence-corrected chi connectivity index (χ0v) is 17.7. The number of rotatable bonds is 8. The SMILES string of the molecule is CCS(=O)(=O)c1ccc(CNC(=O)c2ccc(OC(C)C)c(C(=O)OC)c2)cc1. The Labute approximate surface area is 170 Å². The lowest BCUT2D eigenvalue weighted by atomic mass is 10.1. The number of sulfone groups is 1. The average molecular weight is 419 g/mol. The summed E-state index contributed by atoms with van der Waals surface area (Å²) in [4.78, 5) is 24.8. The van der Waals surface area contributed by atoms with Crippen LogP contribution < -0.4 is 10.1 Å². The van der Waals surface area contributed by atoms with Crippen molar-refractivity contribution in [3.8, 4) is 5.75 Å². The summed E-state index contributed by atoms with van der Waals surface area (Å²) in [7, 11) is -2.00. The molecule has 0 saturated carbocycles. The Morgan fingerprint density at radius 2 is 1.72 bits per heavy atom. The highest BCUT2D eigenvalue weighted by Gasteiger charge is 2.18. The number of carbonyl (C=O) groups excluding carboxylic acids is 2. The standard InChI is InChI=1S/C21H25NO6S/c1-5-29(25,26)17-9-6-15(7-10-17)13-22-20(23)16-8-11-19(28-14(2)3)18(12-16)21(24)27-4/h6-12,14H,5,13H2,1-4H3,(H,22,23). The van der Waals surface area contributed by atoms with Crippen LogP contribution in [0.15, 0.2) is 47.4 Å². The van der Waals surface area contributed by atoms with Crippen molar-refractivity contribution in [1.29, 1.82) is 0 Å². The lowest BCUT2D eigenvalue weighted by Gasteiger charge is -2.14. The minimum atomic E-state index is -3.26. The van der Waals surface area contributed by atoms with Crippen molar-refractivity contribution in [3.63, 3.8) is 0 Å². The fourth-order valence-electron chi connectivity index (χ4n) is 2.56. The predicted octanol–water partition coefficient (Wildman–Crippen LogP) is 2.98. The number of benzene rings is 2. The maximum Gasteiger partial charge on any atom is 0.341 e. The summed E-state index contributed by atoms with van der Waals surface area (Å²) in [5, 5.41) is 2.75. The van der Waals surface area contributed by atoms with Crippen molar-refractivity contribution >= 4 is 21.7 Å². The first-order valence-corrected chi connectivity index (χ1v) is 10.8. The monoisotopic (exact) mass is 419 g/mol. The molecule has 2 aromatic rings. The lowest BCUT2D eigenvalue weighted by Crippen LogP contribution is -2.23. The van der Waals surface area contributed by atoms with Gasteiger partial charge in [-0.3, -0.25) is 4.79 Å². The molecular weight excluding hydrogens is 394 g/mol. The normalized spacial score (nSPS) is 11.2. The van der Waals surface area contributed by atoms with Crippen molar-refractivity contribution in [2.75, 3.05) is 12.9 Å². The molecule has 0 unspecified atom stereocenters. The van der Waals surface area contributed by atoms with Gasteiger partial charge in [-0.1, -0.05) is 19.1 Å². The summed E-state index contributed by atoms with van der Waals surface area (Å²) >= 11 is 0. The zero-order valence-electron chi connectivity index (χ0n) is 16.9. The van der Waals surface area contributed by atoms with Crippen LogP contribution in [0.1, 0.15) is 47.1 Å². The summed E-state index contributed by atoms with van der Waals surface area (Å²) in [6.07, 6.45) is -0.141. The summed E-state index contributed by atoms with van der Waals surface area (Å²) in [6, 6.07) is 10.9. The molecule has 2 aromatic carbocycles. The van der Waals surface area contributed by atoms with E-state index in [9.17, 15) is 18.0 Å². The molecule has 0 radical (unpaired) electrons. The van der Waals surface area contributed by atoms with E-state index >= 15 is 0 Å². The van der Waals surface area contributed by atoms with Crippen LogP contribution in [0.3, 0.4) is 0 Å². The molecule has 0 atom stereocenters. The summed E-state index contributed by atoms with van der Waals surface area (Å²) in [6.45, 7) is 5.46. The highest BCUT2D eigenvalue weighted by molar-refractivity contribution is 7.91. The van der Waals surface area contributed by atoms with Crippen molar-refractivity contribution in [2.24, 2.45) is 0 Å². The molecule has 7 nitrogen and oxygen atoms in total. The minimum Gasteiger partial charge on any atom is -0.490 e. The van der Waals surface area contributed by atoms with Crippen LogP contribution in [0.25, 0.3) is 0 Å². The molecular formula is C21H25NO6S. The third-order valence-corrected chi connectivity index (χ3v) is 5.88. The van der Waals surface area contributed by atoms with Crippen molar-refractivity contribution in [3.05, 3.63) is 59.2 Å². The second-order valence-electron chi connectivity index (χ2n) is 6.60. The van der Waals surface area contributed by atoms with Crippen LogP contribution in [0, 0.1) is 0 Å². The summed E-state index contributed by atoms with van der Waals surface area (Å²) in [5.41, 5.74) is 1.20. The van der Waals surface area contributed by atoms with Crippen LogP contribution in [-0.2, 0) is 21.1 Å². The molecule has 0 heterocycles. The topological polar surface area (TPSA) is 98.8 Å². The third-order valence-electron chi connectivity index (χ3n) is 4.13. The summed E-state index contributed by atoms with van der Waals surface area (Å²) < 4.78 is 34.1. The van der Waals surface area contributed by atoms with E-state index in [2.05, 4.69) is 5.32 Å². The van der Waals surface area contributed by atoms with Gasteiger partial charge in [0, 0.05) is 12.1 Å². The van der Waals surface area contributed by atoms with Gasteiger partial charge in [0.25, 0.3) is 5.91 Å². The van der Waals surface area contributed by atoms with Gasteiger partial charge < -0.3 is 14.8 Å². The lowest BCUT2D eigenvalue weighted by molar-refractivity contribution is 0.0594. The zero-order chi connectivity index (χ0) is 21.6. The first-order valence-electron chi connectivity index (χ1n) is 9.16. The van der Waals surface area contributed by atoms with Crippen LogP contribution in [0.4, 0.5) is 0 Å². The Morgan fingerprint density at radius 1 is 1.07 bits per heavy atom. The Balaban J connectivity index is 2.13. The van der Waals surface area contributed by atoms with Crippen LogP contribution >= 0.6 is 0 Å². The highest BCUT2D eigenvalue weighted by Crippen LogP contribution is 2.22. The molecule has 0 spiro atoms. The Hall–Kier alpha value is -2.87. The molecule has 0 aliphatic heterocycles. The largest absolute Gasteiger partial charge is 0.490 e. The smallest absolute Gasteiger partial charge is 0.341 e. The summed E-state index contributed by atoms with van der Waals surface area (Å²) in [5.74, 6) is -0.599. The van der Waals surface area contributed by atoms with E-state index in [1.165, 1.54) is 25.3 Å². The molecule has 0 fully saturated rings. The first kappa shape index (κ1) is 22.4. The maximum absolute atomic E-state index is 12.5. The van der Waals surface area contributed by atoms with Crippen LogP contribution in [-0.4, -0.2) is 39.3 Å². The number of amides is 1. The molecule has 29 heavy (non-hydrogen) atoms. The van der Waals surface area contributed by atoms with Gasteiger partial charge >= 0.3 is 5.97 Å². The second kappa shape index (κ2) is 9.56. The van der Waals surface area contributed by atoms with Gasteiger partial charge in [-0.25, -0.2) is 13.2 Å². The first-order chi connectivity index (χ1) is 13.7. The molecule has 0 saturated heterocycles. The van der Waals surface area contributed by atoms with E-state index in [0.717, 1.165) is 5.56 Å². The molecule has 156 valence electrons. The van der Waals surface area contributed by atoms with Gasteiger partial charge in [0.2, 0.25) is 0 Å². The van der Waals surface area contributed by atoms with Crippen molar-refractivity contribution in [1.82, 2.24) is 5.32 Å². The van der Waals surface area contributed by atoms with E-state index < -0.39 is 15.8 Å². The van der Waals surface area contributed by atoms with Gasteiger partial charge in [-0.05, 0) is 49.7 Å². The van der Waals surface area contributed by atoms with E-state index in [-0.39, 0.29) is 40.3 Å². The van der Waals surface area contributed by atoms with Gasteiger partial charge in [-0.2, -0.15) is 0 Å². The highest BCUT2D eigenvalue weighted by atomic mass is 32.2. The van der Waals surface area contributed by atoms with E-state index in [0.29, 0.717) is 5.75 Å². The molecule has 1 N–H and O–H groups in total. The second-order valence-corrected chi connectivity index (χ2v) is 8.88. The van der Waals surface area contributed by atoms with Crippen molar-refractivity contribution < 1.29 is 27.5 Å². The third kappa shape index (κ3) is 5.80. The number of hydrogen-bond acceptors (Lipinski definition) is 6. The van der Waals surface area contributed by atoms with E-state index in [1.807, 2.05) is 13.8 Å². The molecule has 0 aliphatic rings. The number of esters is 1. The fourth-order valence-corrected chi connectivity index (χ4v) is 3.45. The number of ether oxygens (including phenoxy) is 2. The molecule has 0 aromatic heterocycles. The predicted molar refractivity (Wildman–Crippen MR) is 109 cm³/mol. The van der Waals surface area contributed by atoms with Crippen LogP contribution in [0.2, 0.25) is 0 Å². The van der Waals surface area contributed by atoms with Gasteiger partial charge in [-0.15, -0.1) is 0 Å². The number of hydrogen-bond donors (Lipinski definition) is 1. The van der Waals surface area contributed by atoms with Crippen LogP contribution in [0.5, 0.6) is 5.75 Å². The Bertz CT molecular complexity index is 981. The van der Waals surface area contributed by atoms with Gasteiger partial charge in [0.15, 0.2) is 9.84 Å². The van der Waals surface area contributed by atoms with E-state index in [1.54, 1.807) is 31.2 Å². The minimum absolute atomic E-state index is 0.0299.